The SMILES string of the molecule is Cc1nn(-c2ccc(C(=O)OCC(=O)NC(=O)Nc3ccccc3F)cc2)c(C)c1Cl. The number of halogens is 2. The summed E-state index contributed by atoms with van der Waals surface area (Å²) in [4.78, 5) is 35.7. The van der Waals surface area contributed by atoms with Gasteiger partial charge in [-0.05, 0) is 50.2 Å². The van der Waals surface area contributed by atoms with Crippen LogP contribution in [0.25, 0.3) is 5.69 Å². The summed E-state index contributed by atoms with van der Waals surface area (Å²) in [5.41, 5.74) is 2.27. The molecule has 10 heteroatoms. The highest BCUT2D eigenvalue weighted by Crippen LogP contribution is 2.22. The van der Waals surface area contributed by atoms with E-state index in [0.29, 0.717) is 16.4 Å². The Morgan fingerprint density at radius 2 is 1.77 bits per heavy atom. The normalized spacial score (nSPS) is 10.5. The summed E-state index contributed by atoms with van der Waals surface area (Å²) in [5, 5.41) is 9.03. The first-order valence-electron chi connectivity index (χ1n) is 9.11. The molecule has 0 saturated heterocycles. The number of nitrogens with zero attached hydrogens (tertiary/aromatic N) is 2. The van der Waals surface area contributed by atoms with Crippen molar-refractivity contribution in [2.45, 2.75) is 13.8 Å². The molecule has 3 aromatic rings. The van der Waals surface area contributed by atoms with E-state index in [-0.39, 0.29) is 11.3 Å². The molecule has 1 aromatic heterocycles. The largest absolute Gasteiger partial charge is 0.452 e. The molecular formula is C21H18ClFN4O4. The number of anilines is 1. The summed E-state index contributed by atoms with van der Waals surface area (Å²) in [5.74, 6) is -2.26. The minimum atomic E-state index is -0.945. The van der Waals surface area contributed by atoms with Crippen LogP contribution in [0.3, 0.4) is 0 Å². The van der Waals surface area contributed by atoms with Gasteiger partial charge in [-0.25, -0.2) is 18.7 Å². The predicted octanol–water partition coefficient (Wildman–Crippen LogP) is 3.79. The number of aryl methyl sites for hydroxylation is 1. The summed E-state index contributed by atoms with van der Waals surface area (Å²) >= 11 is 6.15. The highest BCUT2D eigenvalue weighted by Gasteiger charge is 2.15. The zero-order valence-corrected chi connectivity index (χ0v) is 17.4. The first-order valence-corrected chi connectivity index (χ1v) is 9.48. The van der Waals surface area contributed by atoms with Gasteiger partial charge in [-0.3, -0.25) is 10.1 Å². The lowest BCUT2D eigenvalue weighted by molar-refractivity contribution is -0.123. The van der Waals surface area contributed by atoms with Crippen molar-refractivity contribution < 1.29 is 23.5 Å². The highest BCUT2D eigenvalue weighted by atomic mass is 35.5. The first kappa shape index (κ1) is 22.0. The minimum Gasteiger partial charge on any atom is -0.452 e. The number of hydrogen-bond donors (Lipinski definition) is 2. The number of carbonyl (C=O) groups excluding carboxylic acids is 3. The van der Waals surface area contributed by atoms with Gasteiger partial charge in [0.15, 0.2) is 6.61 Å². The van der Waals surface area contributed by atoms with Gasteiger partial charge >= 0.3 is 12.0 Å². The molecule has 3 amide bonds. The number of aromatic nitrogens is 2. The van der Waals surface area contributed by atoms with Gasteiger partial charge in [0.1, 0.15) is 5.82 Å². The Bertz CT molecular complexity index is 1140. The van der Waals surface area contributed by atoms with Crippen molar-refractivity contribution in [2.24, 2.45) is 0 Å². The topological polar surface area (TPSA) is 102 Å². The van der Waals surface area contributed by atoms with Crippen molar-refractivity contribution in [3.05, 3.63) is 76.3 Å². The number of amides is 3. The van der Waals surface area contributed by atoms with Crippen LogP contribution >= 0.6 is 11.6 Å². The van der Waals surface area contributed by atoms with Crippen LogP contribution in [0, 0.1) is 19.7 Å². The maximum Gasteiger partial charge on any atom is 0.338 e. The van der Waals surface area contributed by atoms with Crippen molar-refractivity contribution in [1.82, 2.24) is 15.1 Å². The molecule has 3 rings (SSSR count). The fourth-order valence-corrected chi connectivity index (χ4v) is 2.82. The number of nitrogens with one attached hydrogen (secondary N) is 2. The highest BCUT2D eigenvalue weighted by molar-refractivity contribution is 6.31. The molecule has 0 aliphatic rings. The summed E-state index contributed by atoms with van der Waals surface area (Å²) < 4.78 is 20.1. The van der Waals surface area contributed by atoms with Gasteiger partial charge in [0.25, 0.3) is 5.91 Å². The van der Waals surface area contributed by atoms with Crippen molar-refractivity contribution in [1.29, 1.82) is 0 Å². The van der Waals surface area contributed by atoms with E-state index in [4.69, 9.17) is 16.3 Å². The second kappa shape index (κ2) is 9.40. The van der Waals surface area contributed by atoms with E-state index in [2.05, 4.69) is 10.4 Å². The lowest BCUT2D eigenvalue weighted by Gasteiger charge is -2.09. The molecule has 31 heavy (non-hydrogen) atoms. The van der Waals surface area contributed by atoms with Gasteiger partial charge in [0.2, 0.25) is 0 Å². The number of carbonyl (C=O) groups is 3. The van der Waals surface area contributed by atoms with Crippen molar-refractivity contribution in [3.63, 3.8) is 0 Å². The molecule has 0 atom stereocenters. The Morgan fingerprint density at radius 1 is 1.10 bits per heavy atom. The summed E-state index contributed by atoms with van der Waals surface area (Å²) in [7, 11) is 0. The van der Waals surface area contributed by atoms with Crippen LogP contribution in [0.2, 0.25) is 5.02 Å². The molecule has 0 spiro atoms. The lowest BCUT2D eigenvalue weighted by Crippen LogP contribution is -2.37. The first-order chi connectivity index (χ1) is 14.8. The molecular weight excluding hydrogens is 427 g/mol. The van der Waals surface area contributed by atoms with E-state index in [1.165, 1.54) is 30.3 Å². The third kappa shape index (κ3) is 5.26. The molecule has 1 heterocycles. The number of esters is 1. The van der Waals surface area contributed by atoms with Crippen LogP contribution in [0.5, 0.6) is 0 Å². The second-order valence-corrected chi connectivity index (χ2v) is 6.88. The van der Waals surface area contributed by atoms with E-state index in [1.54, 1.807) is 23.7 Å². The Balaban J connectivity index is 1.53. The third-order valence-electron chi connectivity index (χ3n) is 4.26. The maximum absolute atomic E-state index is 13.5. The standard InChI is InChI=1S/C21H18ClFN4O4/c1-12-19(22)13(2)27(26-12)15-9-7-14(8-10-15)20(29)31-11-18(28)25-21(30)24-17-6-4-3-5-16(17)23/h3-10H,11H2,1-2H3,(H2,24,25,28,30). The van der Waals surface area contributed by atoms with E-state index in [9.17, 15) is 18.8 Å². The number of imide groups is 1. The number of rotatable bonds is 5. The average molecular weight is 445 g/mol. The summed E-state index contributed by atoms with van der Waals surface area (Å²) in [6.45, 7) is 2.93. The molecule has 0 bridgehead atoms. The monoisotopic (exact) mass is 444 g/mol. The summed E-state index contributed by atoms with van der Waals surface area (Å²) in [6.07, 6.45) is 0. The number of hydrogen-bond acceptors (Lipinski definition) is 5. The van der Waals surface area contributed by atoms with Crippen molar-refractivity contribution in [2.75, 3.05) is 11.9 Å². The van der Waals surface area contributed by atoms with Gasteiger partial charge < -0.3 is 10.1 Å². The average Bonchev–Trinajstić information content (AvgIpc) is 3.01. The van der Waals surface area contributed by atoms with E-state index in [0.717, 1.165) is 11.8 Å². The summed E-state index contributed by atoms with van der Waals surface area (Å²) in [6, 6.07) is 10.9. The van der Waals surface area contributed by atoms with E-state index < -0.39 is 30.3 Å². The van der Waals surface area contributed by atoms with Crippen LogP contribution in [0.15, 0.2) is 48.5 Å². The number of ether oxygens (including phenoxy) is 1. The zero-order valence-electron chi connectivity index (χ0n) is 16.6. The van der Waals surface area contributed by atoms with Gasteiger partial charge in [-0.15, -0.1) is 0 Å². The van der Waals surface area contributed by atoms with E-state index in [1.807, 2.05) is 12.2 Å². The molecule has 0 aliphatic heterocycles. The minimum absolute atomic E-state index is 0.0891. The quantitative estimate of drug-likeness (QED) is 0.583. The smallest absolute Gasteiger partial charge is 0.338 e. The second-order valence-electron chi connectivity index (χ2n) is 6.50. The number of para-hydroxylation sites is 1. The van der Waals surface area contributed by atoms with Gasteiger partial charge in [-0.2, -0.15) is 5.10 Å². The maximum atomic E-state index is 13.5. The van der Waals surface area contributed by atoms with Crippen LogP contribution in [0.1, 0.15) is 21.7 Å². The van der Waals surface area contributed by atoms with Crippen LogP contribution in [0.4, 0.5) is 14.9 Å². The molecule has 0 saturated carbocycles. The molecule has 0 aliphatic carbocycles. The van der Waals surface area contributed by atoms with Crippen molar-refractivity contribution in [3.8, 4) is 5.69 Å². The Morgan fingerprint density at radius 3 is 2.39 bits per heavy atom. The molecule has 0 fully saturated rings. The van der Waals surface area contributed by atoms with Crippen LogP contribution < -0.4 is 10.6 Å². The number of benzene rings is 2. The molecule has 2 aromatic carbocycles. The van der Waals surface area contributed by atoms with Crippen LogP contribution in [-0.2, 0) is 9.53 Å². The molecule has 0 unspecified atom stereocenters. The Labute approximate surface area is 182 Å². The molecule has 160 valence electrons. The Kier molecular flexibility index (Phi) is 6.66. The zero-order chi connectivity index (χ0) is 22.5. The van der Waals surface area contributed by atoms with Gasteiger partial charge in [0, 0.05) is 0 Å². The number of urea groups is 1. The molecule has 8 nitrogen and oxygen atoms in total. The molecule has 2 N–H and O–H groups in total. The fourth-order valence-electron chi connectivity index (χ4n) is 2.71. The lowest BCUT2D eigenvalue weighted by atomic mass is 10.2. The predicted molar refractivity (Wildman–Crippen MR) is 112 cm³/mol. The third-order valence-corrected chi connectivity index (χ3v) is 4.81. The molecule has 0 radical (unpaired) electrons. The van der Waals surface area contributed by atoms with Crippen LogP contribution in [-0.4, -0.2) is 34.3 Å². The van der Waals surface area contributed by atoms with Gasteiger partial charge in [-0.1, -0.05) is 23.7 Å². The van der Waals surface area contributed by atoms with Gasteiger partial charge in [0.05, 0.1) is 33.3 Å². The van der Waals surface area contributed by atoms with Crippen molar-refractivity contribution >= 4 is 35.2 Å². The fraction of sp³-hybridized carbons (Fsp3) is 0.143. The Hall–Kier alpha value is -3.72. The van der Waals surface area contributed by atoms with E-state index >= 15 is 0 Å².